The van der Waals surface area contributed by atoms with E-state index in [9.17, 15) is 4.79 Å². The van der Waals surface area contributed by atoms with Crippen molar-refractivity contribution in [2.45, 2.75) is 19.9 Å². The number of thioether (sulfide) groups is 1. The van der Waals surface area contributed by atoms with Crippen LogP contribution in [0.2, 0.25) is 0 Å². The largest absolute Gasteiger partial charge is 0.356 e. The van der Waals surface area contributed by atoms with E-state index in [1.165, 1.54) is 0 Å². The molecule has 2 aromatic rings. The maximum atomic E-state index is 12.8. The van der Waals surface area contributed by atoms with E-state index in [1.807, 2.05) is 48.4 Å². The highest BCUT2D eigenvalue weighted by atomic mass is 32.2. The summed E-state index contributed by atoms with van der Waals surface area (Å²) in [4.78, 5) is 21.3. The third kappa shape index (κ3) is 5.28. The van der Waals surface area contributed by atoms with Crippen molar-refractivity contribution in [3.63, 3.8) is 0 Å². The van der Waals surface area contributed by atoms with Gasteiger partial charge in [-0.1, -0.05) is 0 Å². The van der Waals surface area contributed by atoms with E-state index in [0.29, 0.717) is 19.6 Å². The number of carbonyl (C=O) groups excluding carboxylic acids is 1. The molecule has 1 fully saturated rings. The minimum atomic E-state index is 0.0392. The van der Waals surface area contributed by atoms with Crippen molar-refractivity contribution in [1.82, 2.24) is 34.8 Å². The highest BCUT2D eigenvalue weighted by Gasteiger charge is 2.27. The lowest BCUT2D eigenvalue weighted by atomic mass is 10.3. The first-order valence-electron chi connectivity index (χ1n) is 9.65. The minimum Gasteiger partial charge on any atom is -0.356 e. The Bertz CT molecular complexity index is 859. The molecule has 1 saturated heterocycles. The van der Waals surface area contributed by atoms with Crippen LogP contribution in [0.1, 0.15) is 18.1 Å². The maximum Gasteiger partial charge on any atom is 0.246 e. The van der Waals surface area contributed by atoms with Crippen LogP contribution in [-0.2, 0) is 25.4 Å². The zero-order valence-corrected chi connectivity index (χ0v) is 18.3. The second-order valence-corrected chi connectivity index (χ2v) is 7.96. The predicted molar refractivity (Wildman–Crippen MR) is 115 cm³/mol. The molecule has 1 amide bonds. The molecule has 0 bridgehead atoms. The summed E-state index contributed by atoms with van der Waals surface area (Å²) in [5.41, 5.74) is 0.832. The highest BCUT2D eigenvalue weighted by molar-refractivity contribution is 7.98. The normalized spacial score (nSPS) is 15.3. The number of aliphatic imine (C=N–C) groups is 1. The lowest BCUT2D eigenvalue weighted by molar-refractivity contribution is -0.120. The summed E-state index contributed by atoms with van der Waals surface area (Å²) >= 11 is 1.82. The van der Waals surface area contributed by atoms with Crippen LogP contribution in [0.3, 0.4) is 0 Å². The van der Waals surface area contributed by atoms with Gasteiger partial charge in [0.1, 0.15) is 18.9 Å². The van der Waals surface area contributed by atoms with E-state index in [0.717, 1.165) is 42.0 Å². The van der Waals surface area contributed by atoms with Gasteiger partial charge in [-0.05, 0) is 25.4 Å². The van der Waals surface area contributed by atoms with E-state index in [1.54, 1.807) is 15.8 Å². The van der Waals surface area contributed by atoms with Crippen LogP contribution >= 0.6 is 11.8 Å². The fourth-order valence-electron chi connectivity index (χ4n) is 3.09. The summed E-state index contributed by atoms with van der Waals surface area (Å²) in [5, 5.41) is 15.9. The van der Waals surface area contributed by atoms with Crippen LogP contribution in [-0.4, -0.2) is 79.5 Å². The second-order valence-electron chi connectivity index (χ2n) is 6.97. The van der Waals surface area contributed by atoms with Gasteiger partial charge in [-0.25, -0.2) is 4.99 Å². The van der Waals surface area contributed by atoms with Crippen LogP contribution in [0.5, 0.6) is 0 Å². The van der Waals surface area contributed by atoms with Crippen LogP contribution in [0.25, 0.3) is 0 Å². The van der Waals surface area contributed by atoms with Gasteiger partial charge in [-0.3, -0.25) is 9.48 Å². The average molecular weight is 420 g/mol. The average Bonchev–Trinajstić information content (AvgIpc) is 3.27. The van der Waals surface area contributed by atoms with Crippen molar-refractivity contribution in [1.29, 1.82) is 0 Å². The summed E-state index contributed by atoms with van der Waals surface area (Å²) in [6.07, 6.45) is 6.72. The Labute approximate surface area is 175 Å². The number of hydrogen-bond donors (Lipinski definition) is 1. The van der Waals surface area contributed by atoms with Crippen molar-refractivity contribution in [2.75, 3.05) is 43.1 Å². The van der Waals surface area contributed by atoms with Gasteiger partial charge >= 0.3 is 0 Å². The van der Waals surface area contributed by atoms with Crippen molar-refractivity contribution in [2.24, 2.45) is 19.1 Å². The number of aryl methyl sites for hydroxylation is 2. The van der Waals surface area contributed by atoms with Gasteiger partial charge in [0, 0.05) is 39.9 Å². The van der Waals surface area contributed by atoms with Gasteiger partial charge in [-0.15, -0.1) is 10.2 Å². The molecule has 0 aliphatic carbocycles. The Morgan fingerprint density at radius 1 is 1.31 bits per heavy atom. The zero-order chi connectivity index (χ0) is 20.8. The van der Waals surface area contributed by atoms with E-state index in [2.05, 4.69) is 26.9 Å². The summed E-state index contributed by atoms with van der Waals surface area (Å²) in [6, 6.07) is 0. The van der Waals surface area contributed by atoms with Crippen molar-refractivity contribution in [3.05, 3.63) is 24.0 Å². The number of anilines is 1. The molecule has 1 aliphatic rings. The molecule has 0 aromatic carbocycles. The lowest BCUT2D eigenvalue weighted by Gasteiger charge is -2.35. The van der Waals surface area contributed by atoms with Gasteiger partial charge in [0.25, 0.3) is 0 Å². The van der Waals surface area contributed by atoms with E-state index in [4.69, 9.17) is 4.99 Å². The third-order valence-electron chi connectivity index (χ3n) is 4.88. The molecule has 3 rings (SSSR count). The summed E-state index contributed by atoms with van der Waals surface area (Å²) < 4.78 is 3.64. The first-order valence-corrected chi connectivity index (χ1v) is 11.0. The number of amides is 1. The van der Waals surface area contributed by atoms with E-state index in [-0.39, 0.29) is 12.5 Å². The number of piperazine rings is 1. The molecule has 11 heteroatoms. The Kier molecular flexibility index (Phi) is 7.13. The molecule has 158 valence electrons. The summed E-state index contributed by atoms with van der Waals surface area (Å²) in [7, 11) is 3.78. The lowest BCUT2D eigenvalue weighted by Crippen LogP contribution is -2.55. The van der Waals surface area contributed by atoms with Crippen LogP contribution in [0.15, 0.2) is 17.4 Å². The van der Waals surface area contributed by atoms with Crippen molar-refractivity contribution in [3.8, 4) is 0 Å². The van der Waals surface area contributed by atoms with Gasteiger partial charge < -0.3 is 19.7 Å². The van der Waals surface area contributed by atoms with Crippen LogP contribution in [0, 0.1) is 6.92 Å². The Hall–Kier alpha value is -2.56. The predicted octanol–water partition coefficient (Wildman–Crippen LogP) is 0.405. The van der Waals surface area contributed by atoms with Gasteiger partial charge in [0.2, 0.25) is 5.91 Å². The van der Waals surface area contributed by atoms with E-state index >= 15 is 0 Å². The number of carbonyl (C=O) groups is 1. The molecule has 0 radical (unpaired) electrons. The second kappa shape index (κ2) is 9.77. The molecule has 0 spiro atoms. The zero-order valence-electron chi connectivity index (χ0n) is 17.5. The van der Waals surface area contributed by atoms with E-state index < -0.39 is 0 Å². The monoisotopic (exact) mass is 419 g/mol. The molecule has 2 aromatic heterocycles. The first-order chi connectivity index (χ1) is 14.0. The number of aromatic nitrogens is 5. The van der Waals surface area contributed by atoms with Crippen molar-refractivity contribution >= 4 is 29.3 Å². The molecule has 0 atom stereocenters. The molecule has 0 saturated carbocycles. The van der Waals surface area contributed by atoms with Crippen molar-refractivity contribution < 1.29 is 4.79 Å². The molecule has 1 N–H and O–H groups in total. The smallest absolute Gasteiger partial charge is 0.246 e. The number of guanidine groups is 1. The molecular weight excluding hydrogens is 390 g/mol. The number of nitrogens with zero attached hydrogens (tertiary/aromatic N) is 8. The Morgan fingerprint density at radius 2 is 2.14 bits per heavy atom. The Balaban J connectivity index is 1.69. The molecule has 0 unspecified atom stereocenters. The number of rotatable bonds is 7. The summed E-state index contributed by atoms with van der Waals surface area (Å²) in [5.74, 6) is 3.51. The van der Waals surface area contributed by atoms with Gasteiger partial charge in [0.05, 0.1) is 11.9 Å². The quantitative estimate of drug-likeness (QED) is 0.394. The highest BCUT2D eigenvalue weighted by Crippen LogP contribution is 2.16. The first kappa shape index (κ1) is 21.2. The van der Waals surface area contributed by atoms with Crippen LogP contribution < -0.4 is 10.2 Å². The SMILES string of the molecule is CSCCCNC(=NCc1nnc(C)n1C)N1CCN(c2cnn(C)c2)C(=O)C1. The van der Waals surface area contributed by atoms with Crippen LogP contribution in [0.4, 0.5) is 5.69 Å². The fourth-order valence-corrected chi connectivity index (χ4v) is 3.53. The molecule has 29 heavy (non-hydrogen) atoms. The molecular formula is C18H29N9OS. The maximum absolute atomic E-state index is 12.8. The number of nitrogens with one attached hydrogen (secondary N) is 1. The standard InChI is InChI=1S/C18H29N9OS/c1-14-22-23-16(25(14)3)11-20-18(19-6-5-9-29-4)26-7-8-27(17(28)13-26)15-10-21-24(2)12-15/h10,12H,5-9,11,13H2,1-4H3,(H,19,20). The minimum absolute atomic E-state index is 0.0392. The summed E-state index contributed by atoms with van der Waals surface area (Å²) in [6.45, 7) is 4.72. The van der Waals surface area contributed by atoms with Gasteiger partial charge in [0.15, 0.2) is 11.8 Å². The fraction of sp³-hybridized carbons (Fsp3) is 0.611. The topological polar surface area (TPSA) is 96.5 Å². The molecule has 10 nitrogen and oxygen atoms in total. The molecule has 1 aliphatic heterocycles. The molecule has 3 heterocycles. The Morgan fingerprint density at radius 3 is 2.76 bits per heavy atom. The van der Waals surface area contributed by atoms with Gasteiger partial charge in [-0.2, -0.15) is 16.9 Å². The third-order valence-corrected chi connectivity index (χ3v) is 5.58. The number of hydrogen-bond acceptors (Lipinski definition) is 6.